The SMILES string of the molecule is CCCN1C(=O)C2NC(c3ccc(NCOC(=O)Nc4ccccc4)nc3)=NC2N(CCC)C1=O. The summed E-state index contributed by atoms with van der Waals surface area (Å²) in [6.45, 7) is 4.75. The van der Waals surface area contributed by atoms with Gasteiger partial charge in [-0.25, -0.2) is 19.6 Å². The Morgan fingerprint density at radius 2 is 1.86 bits per heavy atom. The number of amidine groups is 1. The molecule has 0 spiro atoms. The molecule has 184 valence electrons. The van der Waals surface area contributed by atoms with Crippen molar-refractivity contribution in [1.29, 1.82) is 0 Å². The lowest BCUT2D eigenvalue weighted by Gasteiger charge is -2.40. The summed E-state index contributed by atoms with van der Waals surface area (Å²) in [5, 5.41) is 8.73. The van der Waals surface area contributed by atoms with Crippen LogP contribution in [-0.4, -0.2) is 70.7 Å². The van der Waals surface area contributed by atoms with Crippen molar-refractivity contribution in [2.45, 2.75) is 38.9 Å². The van der Waals surface area contributed by atoms with Crippen molar-refractivity contribution in [3.8, 4) is 0 Å². The Labute approximate surface area is 203 Å². The van der Waals surface area contributed by atoms with E-state index in [1.165, 1.54) is 4.90 Å². The number of pyridine rings is 1. The first-order valence-corrected chi connectivity index (χ1v) is 11.7. The number of para-hydroxylation sites is 1. The zero-order chi connectivity index (χ0) is 24.8. The van der Waals surface area contributed by atoms with Gasteiger partial charge in [0.05, 0.1) is 0 Å². The quantitative estimate of drug-likeness (QED) is 0.472. The van der Waals surface area contributed by atoms with E-state index in [1.54, 1.807) is 35.4 Å². The fourth-order valence-electron chi connectivity index (χ4n) is 3.98. The van der Waals surface area contributed by atoms with Crippen molar-refractivity contribution < 1.29 is 19.1 Å². The number of hydrogen-bond acceptors (Lipinski definition) is 8. The molecule has 3 N–H and O–H groups in total. The number of imide groups is 1. The predicted octanol–water partition coefficient (Wildman–Crippen LogP) is 2.83. The summed E-state index contributed by atoms with van der Waals surface area (Å²) in [6, 6.07) is 11.6. The molecule has 3 heterocycles. The number of urea groups is 1. The van der Waals surface area contributed by atoms with Gasteiger partial charge in [-0.15, -0.1) is 0 Å². The number of hydrogen-bond donors (Lipinski definition) is 3. The average molecular weight is 480 g/mol. The van der Waals surface area contributed by atoms with Crippen LogP contribution in [0.15, 0.2) is 53.7 Å². The smallest absolute Gasteiger partial charge is 0.413 e. The minimum atomic E-state index is -0.616. The number of aromatic nitrogens is 1. The lowest BCUT2D eigenvalue weighted by molar-refractivity contribution is -0.134. The third kappa shape index (κ3) is 5.34. The number of nitrogens with zero attached hydrogens (tertiary/aromatic N) is 4. The Morgan fingerprint density at radius 3 is 2.54 bits per heavy atom. The normalized spacial score (nSPS) is 19.1. The van der Waals surface area contributed by atoms with Gasteiger partial charge in [-0.05, 0) is 37.1 Å². The fraction of sp³-hybridized carbons (Fsp3) is 0.375. The van der Waals surface area contributed by atoms with Crippen LogP contribution in [0.25, 0.3) is 0 Å². The van der Waals surface area contributed by atoms with Gasteiger partial charge in [-0.2, -0.15) is 0 Å². The van der Waals surface area contributed by atoms with Crippen LogP contribution in [0, 0.1) is 0 Å². The Hall–Kier alpha value is -4.15. The maximum atomic E-state index is 12.9. The Bertz CT molecular complexity index is 1090. The number of carbonyl (C=O) groups excluding carboxylic acids is 3. The molecule has 0 saturated carbocycles. The van der Waals surface area contributed by atoms with Crippen LogP contribution >= 0.6 is 0 Å². The highest BCUT2D eigenvalue weighted by Gasteiger charge is 2.49. The maximum absolute atomic E-state index is 12.9. The summed E-state index contributed by atoms with van der Waals surface area (Å²) >= 11 is 0. The van der Waals surface area contributed by atoms with E-state index in [0.29, 0.717) is 42.4 Å². The third-order valence-corrected chi connectivity index (χ3v) is 5.61. The van der Waals surface area contributed by atoms with E-state index in [2.05, 4.69) is 25.9 Å². The number of ether oxygens (including phenoxy) is 1. The number of amides is 4. The van der Waals surface area contributed by atoms with E-state index >= 15 is 0 Å². The second kappa shape index (κ2) is 10.9. The van der Waals surface area contributed by atoms with Crippen LogP contribution in [0.5, 0.6) is 0 Å². The highest BCUT2D eigenvalue weighted by Crippen LogP contribution is 2.25. The topological polar surface area (TPSA) is 128 Å². The van der Waals surface area contributed by atoms with E-state index in [1.807, 2.05) is 32.0 Å². The summed E-state index contributed by atoms with van der Waals surface area (Å²) < 4.78 is 5.11. The Morgan fingerprint density at radius 1 is 1.09 bits per heavy atom. The van der Waals surface area contributed by atoms with Gasteiger partial charge in [-0.3, -0.25) is 19.9 Å². The van der Waals surface area contributed by atoms with Gasteiger partial charge in [0.2, 0.25) is 0 Å². The van der Waals surface area contributed by atoms with Crippen LogP contribution < -0.4 is 16.0 Å². The molecule has 11 heteroatoms. The van der Waals surface area contributed by atoms with Crippen molar-refractivity contribution in [2.75, 3.05) is 30.5 Å². The second-order valence-electron chi connectivity index (χ2n) is 8.16. The average Bonchev–Trinajstić information content (AvgIpc) is 3.31. The molecule has 1 aromatic heterocycles. The first-order chi connectivity index (χ1) is 17.0. The van der Waals surface area contributed by atoms with Crippen molar-refractivity contribution in [3.63, 3.8) is 0 Å². The molecule has 0 radical (unpaired) electrons. The number of carbonyl (C=O) groups is 3. The molecule has 2 aliphatic heterocycles. The van der Waals surface area contributed by atoms with E-state index in [-0.39, 0.29) is 18.7 Å². The monoisotopic (exact) mass is 479 g/mol. The fourth-order valence-corrected chi connectivity index (χ4v) is 3.98. The molecule has 11 nitrogen and oxygen atoms in total. The lowest BCUT2D eigenvalue weighted by atomic mass is 10.1. The van der Waals surface area contributed by atoms with E-state index < -0.39 is 18.3 Å². The lowest BCUT2D eigenvalue weighted by Crippen LogP contribution is -2.65. The molecule has 2 atom stereocenters. The van der Waals surface area contributed by atoms with Gasteiger partial charge < -0.3 is 15.4 Å². The number of rotatable bonds is 9. The number of aliphatic imine (C=N–C) groups is 1. The first kappa shape index (κ1) is 24.0. The molecule has 2 aliphatic rings. The van der Waals surface area contributed by atoms with Gasteiger partial charge >= 0.3 is 12.1 Å². The van der Waals surface area contributed by atoms with Gasteiger partial charge in [0.1, 0.15) is 17.7 Å². The molecular weight excluding hydrogens is 450 g/mol. The minimum absolute atomic E-state index is 0.0653. The van der Waals surface area contributed by atoms with Gasteiger partial charge in [0.25, 0.3) is 5.91 Å². The van der Waals surface area contributed by atoms with Crippen molar-refractivity contribution >= 4 is 35.4 Å². The Kier molecular flexibility index (Phi) is 7.44. The molecular formula is C24H29N7O4. The molecule has 1 fully saturated rings. The zero-order valence-electron chi connectivity index (χ0n) is 19.7. The van der Waals surface area contributed by atoms with Crippen LogP contribution in [0.2, 0.25) is 0 Å². The molecule has 2 unspecified atom stereocenters. The largest absolute Gasteiger partial charge is 0.428 e. The molecule has 1 saturated heterocycles. The van der Waals surface area contributed by atoms with E-state index in [4.69, 9.17) is 4.74 Å². The van der Waals surface area contributed by atoms with Crippen LogP contribution in [0.3, 0.4) is 0 Å². The van der Waals surface area contributed by atoms with E-state index in [0.717, 1.165) is 6.42 Å². The summed E-state index contributed by atoms with van der Waals surface area (Å²) in [5.74, 6) is 0.758. The molecule has 4 rings (SSSR count). The van der Waals surface area contributed by atoms with Crippen molar-refractivity contribution in [1.82, 2.24) is 20.1 Å². The van der Waals surface area contributed by atoms with Gasteiger partial charge in [0.15, 0.2) is 12.9 Å². The van der Waals surface area contributed by atoms with Crippen LogP contribution in [0.4, 0.5) is 21.1 Å². The summed E-state index contributed by atoms with van der Waals surface area (Å²) in [5.41, 5.74) is 1.33. The molecule has 4 amide bonds. The molecule has 0 bridgehead atoms. The predicted molar refractivity (Wildman–Crippen MR) is 131 cm³/mol. The number of fused-ring (bicyclic) bond motifs is 1. The molecule has 1 aromatic carbocycles. The van der Waals surface area contributed by atoms with Crippen molar-refractivity contribution in [2.24, 2.45) is 4.99 Å². The molecule has 35 heavy (non-hydrogen) atoms. The van der Waals surface area contributed by atoms with Gasteiger partial charge in [-0.1, -0.05) is 32.0 Å². The molecule has 2 aromatic rings. The Balaban J connectivity index is 1.36. The highest BCUT2D eigenvalue weighted by atomic mass is 16.6. The minimum Gasteiger partial charge on any atom is -0.428 e. The molecule has 0 aliphatic carbocycles. The standard InChI is InChI=1S/C24H29N7O4/c1-3-12-30-21-19(22(32)31(13-4-2)24(30)34)28-20(29-21)16-10-11-18(25-14-16)26-15-35-23(33)27-17-8-6-5-7-9-17/h5-11,14,19,21H,3-4,12-13,15H2,1-2H3,(H,25,26)(H,27,33)(H,28,29). The maximum Gasteiger partial charge on any atom is 0.413 e. The summed E-state index contributed by atoms with van der Waals surface area (Å²) in [4.78, 5) is 49.6. The van der Waals surface area contributed by atoms with Crippen LogP contribution in [0.1, 0.15) is 32.3 Å². The van der Waals surface area contributed by atoms with Crippen LogP contribution in [-0.2, 0) is 9.53 Å². The first-order valence-electron chi connectivity index (χ1n) is 11.7. The van der Waals surface area contributed by atoms with Crippen molar-refractivity contribution in [3.05, 3.63) is 54.2 Å². The summed E-state index contributed by atoms with van der Waals surface area (Å²) in [6.07, 6.45) is 1.91. The highest BCUT2D eigenvalue weighted by molar-refractivity contribution is 6.08. The van der Waals surface area contributed by atoms with E-state index in [9.17, 15) is 14.4 Å². The third-order valence-electron chi connectivity index (χ3n) is 5.61. The summed E-state index contributed by atoms with van der Waals surface area (Å²) in [7, 11) is 0. The van der Waals surface area contributed by atoms with Gasteiger partial charge in [0, 0.05) is 30.5 Å². The number of anilines is 2. The zero-order valence-corrected chi connectivity index (χ0v) is 19.7. The number of nitrogens with one attached hydrogen (secondary N) is 3. The second-order valence-corrected chi connectivity index (χ2v) is 8.16. The number of benzene rings is 1.